The zero-order chi connectivity index (χ0) is 15.4. The molecule has 2 aromatic carbocycles. The van der Waals surface area contributed by atoms with Crippen LogP contribution in [-0.4, -0.2) is 14.2 Å². The van der Waals surface area contributed by atoms with Gasteiger partial charge >= 0.3 is 0 Å². The van der Waals surface area contributed by atoms with Crippen molar-refractivity contribution < 1.29 is 13.9 Å². The van der Waals surface area contributed by atoms with Crippen LogP contribution in [0.25, 0.3) is 0 Å². The normalized spacial score (nSPS) is 12.0. The molecule has 112 valence electrons. The summed E-state index contributed by atoms with van der Waals surface area (Å²) in [7, 11) is 3.09. The number of benzene rings is 2. The summed E-state index contributed by atoms with van der Waals surface area (Å²) in [5.74, 6) is 6.29. The molecule has 0 heterocycles. The largest absolute Gasteiger partial charge is 0.493 e. The molecule has 0 amide bonds. The fraction of sp³-hybridized carbons (Fsp3) is 0.200. The third-order valence-electron chi connectivity index (χ3n) is 3.18. The van der Waals surface area contributed by atoms with Gasteiger partial charge in [0.15, 0.2) is 11.5 Å². The van der Waals surface area contributed by atoms with Gasteiger partial charge in [-0.3, -0.25) is 5.84 Å². The number of rotatable bonds is 5. The maximum atomic E-state index is 14.1. The van der Waals surface area contributed by atoms with Crippen molar-refractivity contribution in [2.24, 2.45) is 5.84 Å². The van der Waals surface area contributed by atoms with Crippen molar-refractivity contribution in [1.29, 1.82) is 0 Å². The van der Waals surface area contributed by atoms with Gasteiger partial charge in [-0.2, -0.15) is 0 Å². The van der Waals surface area contributed by atoms with Crippen LogP contribution in [-0.2, 0) is 0 Å². The standard InChI is InChI=1S/C15H16ClFN2O2/c1-20-13-6-3-9(7-14(13)21-2)15(19-18)11-5-4-10(16)8-12(11)17/h3-8,15,19H,18H2,1-2H3. The van der Waals surface area contributed by atoms with E-state index in [-0.39, 0.29) is 0 Å². The van der Waals surface area contributed by atoms with Gasteiger partial charge in [-0.15, -0.1) is 0 Å². The van der Waals surface area contributed by atoms with E-state index < -0.39 is 11.9 Å². The van der Waals surface area contributed by atoms with E-state index in [1.807, 2.05) is 0 Å². The molecule has 1 atom stereocenters. The highest BCUT2D eigenvalue weighted by molar-refractivity contribution is 6.30. The van der Waals surface area contributed by atoms with Crippen LogP contribution >= 0.6 is 11.6 Å². The SMILES string of the molecule is COc1ccc(C(NN)c2ccc(Cl)cc2F)cc1OC. The Kier molecular flexibility index (Phi) is 5.01. The molecule has 0 aromatic heterocycles. The molecule has 0 radical (unpaired) electrons. The number of hydrogen-bond acceptors (Lipinski definition) is 4. The van der Waals surface area contributed by atoms with Crippen molar-refractivity contribution >= 4 is 11.6 Å². The Morgan fingerprint density at radius 1 is 1.10 bits per heavy atom. The molecule has 0 fully saturated rings. The summed E-state index contributed by atoms with van der Waals surface area (Å²) in [6.45, 7) is 0. The van der Waals surface area contributed by atoms with Crippen molar-refractivity contribution in [3.05, 3.63) is 58.4 Å². The smallest absolute Gasteiger partial charge is 0.161 e. The molecule has 6 heteroatoms. The van der Waals surface area contributed by atoms with Crippen LogP contribution in [0.15, 0.2) is 36.4 Å². The van der Waals surface area contributed by atoms with Crippen LogP contribution in [0.3, 0.4) is 0 Å². The highest BCUT2D eigenvalue weighted by Crippen LogP contribution is 2.33. The Morgan fingerprint density at radius 3 is 2.38 bits per heavy atom. The molecule has 0 aliphatic heterocycles. The molecule has 0 saturated heterocycles. The van der Waals surface area contributed by atoms with E-state index >= 15 is 0 Å². The third-order valence-corrected chi connectivity index (χ3v) is 3.42. The minimum Gasteiger partial charge on any atom is -0.493 e. The summed E-state index contributed by atoms with van der Waals surface area (Å²) in [4.78, 5) is 0. The summed E-state index contributed by atoms with van der Waals surface area (Å²) >= 11 is 5.77. The summed E-state index contributed by atoms with van der Waals surface area (Å²) in [5, 5.41) is 0.333. The molecule has 1 unspecified atom stereocenters. The van der Waals surface area contributed by atoms with Crippen molar-refractivity contribution in [3.8, 4) is 11.5 Å². The Hall–Kier alpha value is -1.82. The lowest BCUT2D eigenvalue weighted by Crippen LogP contribution is -2.29. The first-order valence-corrected chi connectivity index (χ1v) is 6.61. The molecule has 0 spiro atoms. The van der Waals surface area contributed by atoms with E-state index in [2.05, 4.69) is 5.43 Å². The van der Waals surface area contributed by atoms with Gasteiger partial charge in [-0.1, -0.05) is 23.7 Å². The number of ether oxygens (including phenoxy) is 2. The Balaban J connectivity index is 2.46. The molecule has 0 bridgehead atoms. The number of hydrogen-bond donors (Lipinski definition) is 2. The van der Waals surface area contributed by atoms with Crippen LogP contribution in [0.1, 0.15) is 17.2 Å². The Bertz CT molecular complexity index is 637. The molecule has 3 N–H and O–H groups in total. The fourth-order valence-electron chi connectivity index (χ4n) is 2.13. The topological polar surface area (TPSA) is 56.5 Å². The van der Waals surface area contributed by atoms with Crippen LogP contribution < -0.4 is 20.7 Å². The molecule has 2 aromatic rings. The zero-order valence-electron chi connectivity index (χ0n) is 11.7. The van der Waals surface area contributed by atoms with Crippen LogP contribution in [0.4, 0.5) is 4.39 Å². The first-order valence-electron chi connectivity index (χ1n) is 6.23. The van der Waals surface area contributed by atoms with Crippen LogP contribution in [0.5, 0.6) is 11.5 Å². The van der Waals surface area contributed by atoms with Crippen molar-refractivity contribution in [3.63, 3.8) is 0 Å². The van der Waals surface area contributed by atoms with Gasteiger partial charge in [0.1, 0.15) is 5.82 Å². The Morgan fingerprint density at radius 2 is 1.81 bits per heavy atom. The molecule has 0 aliphatic carbocycles. The first kappa shape index (κ1) is 15.6. The molecular weight excluding hydrogens is 295 g/mol. The lowest BCUT2D eigenvalue weighted by Gasteiger charge is -2.19. The zero-order valence-corrected chi connectivity index (χ0v) is 12.4. The minimum absolute atomic E-state index is 0.333. The van der Waals surface area contributed by atoms with E-state index in [9.17, 15) is 4.39 Å². The van der Waals surface area contributed by atoms with Crippen molar-refractivity contribution in [2.45, 2.75) is 6.04 Å². The van der Waals surface area contributed by atoms with Crippen molar-refractivity contribution in [1.82, 2.24) is 5.43 Å². The van der Waals surface area contributed by atoms with E-state index in [4.69, 9.17) is 26.9 Å². The Labute approximate surface area is 127 Å². The van der Waals surface area contributed by atoms with Gasteiger partial charge in [-0.05, 0) is 29.8 Å². The monoisotopic (exact) mass is 310 g/mol. The number of halogens is 2. The number of hydrazine groups is 1. The summed E-state index contributed by atoms with van der Waals surface area (Å²) in [5.41, 5.74) is 3.75. The fourth-order valence-corrected chi connectivity index (χ4v) is 2.29. The summed E-state index contributed by atoms with van der Waals surface area (Å²) in [6.07, 6.45) is 0. The van der Waals surface area contributed by atoms with Crippen molar-refractivity contribution in [2.75, 3.05) is 14.2 Å². The average molecular weight is 311 g/mol. The van der Waals surface area contributed by atoms with Gasteiger partial charge < -0.3 is 9.47 Å². The summed E-state index contributed by atoms with van der Waals surface area (Å²) in [6, 6.07) is 9.22. The first-order chi connectivity index (χ1) is 10.1. The number of nitrogens with one attached hydrogen (secondary N) is 1. The lowest BCUT2D eigenvalue weighted by molar-refractivity contribution is 0.354. The maximum Gasteiger partial charge on any atom is 0.161 e. The van der Waals surface area contributed by atoms with E-state index in [0.717, 1.165) is 5.56 Å². The highest BCUT2D eigenvalue weighted by atomic mass is 35.5. The van der Waals surface area contributed by atoms with Crippen LogP contribution in [0, 0.1) is 5.82 Å². The van der Waals surface area contributed by atoms with Gasteiger partial charge in [0.2, 0.25) is 0 Å². The molecule has 2 rings (SSSR count). The molecule has 21 heavy (non-hydrogen) atoms. The van der Waals surface area contributed by atoms with E-state index in [0.29, 0.717) is 22.1 Å². The average Bonchev–Trinajstić information content (AvgIpc) is 2.49. The quantitative estimate of drug-likeness (QED) is 0.658. The highest BCUT2D eigenvalue weighted by Gasteiger charge is 2.18. The number of nitrogens with two attached hydrogens (primary N) is 1. The van der Waals surface area contributed by atoms with Gasteiger partial charge in [0.25, 0.3) is 0 Å². The predicted octanol–water partition coefficient (Wildman–Crippen LogP) is 3.05. The van der Waals surface area contributed by atoms with Crippen LogP contribution in [0.2, 0.25) is 5.02 Å². The van der Waals surface area contributed by atoms with E-state index in [1.54, 1.807) is 37.4 Å². The lowest BCUT2D eigenvalue weighted by atomic mass is 9.98. The third kappa shape index (κ3) is 3.26. The molecule has 4 nitrogen and oxygen atoms in total. The summed E-state index contributed by atoms with van der Waals surface area (Å²) < 4.78 is 24.5. The molecule has 0 aliphatic rings. The molecular formula is C15H16ClFN2O2. The second-order valence-corrected chi connectivity index (χ2v) is 4.82. The second-order valence-electron chi connectivity index (χ2n) is 4.38. The number of methoxy groups -OCH3 is 2. The molecule has 0 saturated carbocycles. The minimum atomic E-state index is -0.526. The van der Waals surface area contributed by atoms with Gasteiger partial charge in [-0.25, -0.2) is 9.82 Å². The second kappa shape index (κ2) is 6.76. The predicted molar refractivity (Wildman–Crippen MR) is 80.1 cm³/mol. The van der Waals surface area contributed by atoms with Gasteiger partial charge in [0.05, 0.1) is 20.3 Å². The van der Waals surface area contributed by atoms with E-state index in [1.165, 1.54) is 13.2 Å². The van der Waals surface area contributed by atoms with Gasteiger partial charge in [0, 0.05) is 10.6 Å². The maximum absolute atomic E-state index is 14.1.